The Hall–Kier alpha value is -2.98. The van der Waals surface area contributed by atoms with Crippen LogP contribution in [0.2, 0.25) is 0 Å². The number of carbonyl (C=O) groups excluding carboxylic acids is 3. The Morgan fingerprint density at radius 3 is 2.84 bits per heavy atom. The second-order valence-electron chi connectivity index (χ2n) is 7.71. The van der Waals surface area contributed by atoms with Gasteiger partial charge in [-0.3, -0.25) is 19.3 Å². The molecule has 10 heteroatoms. The third kappa shape index (κ3) is 3.63. The number of nitrogens with zero attached hydrogens (tertiary/aromatic N) is 3. The highest BCUT2D eigenvalue weighted by Gasteiger charge is 2.52. The van der Waals surface area contributed by atoms with Crippen molar-refractivity contribution in [1.82, 2.24) is 9.97 Å². The molecule has 164 valence electrons. The van der Waals surface area contributed by atoms with Crippen molar-refractivity contribution >= 4 is 62.5 Å². The fraction of sp³-hybridized carbons (Fsp3) is 0.318. The van der Waals surface area contributed by atoms with Gasteiger partial charge in [0.05, 0.1) is 17.1 Å². The number of amides is 2. The van der Waals surface area contributed by atoms with Crippen LogP contribution in [0.4, 0.5) is 11.4 Å². The molecule has 5 rings (SSSR count). The molecule has 2 aliphatic rings. The first-order chi connectivity index (χ1) is 15.6. The molecule has 0 radical (unpaired) electrons. The Bertz CT molecular complexity index is 1210. The summed E-state index contributed by atoms with van der Waals surface area (Å²) < 4.78 is 5.30. The van der Waals surface area contributed by atoms with Crippen LogP contribution in [0.3, 0.4) is 0 Å². The summed E-state index contributed by atoms with van der Waals surface area (Å²) in [7, 11) is 0. The van der Waals surface area contributed by atoms with E-state index >= 15 is 0 Å². The number of esters is 1. The third-order valence-corrected chi connectivity index (χ3v) is 7.63. The molecule has 1 aliphatic heterocycles. The fourth-order valence-corrected chi connectivity index (χ4v) is 5.96. The normalized spacial score (nSPS) is 16.8. The van der Waals surface area contributed by atoms with Crippen LogP contribution in [-0.2, 0) is 19.1 Å². The number of thiophene rings is 1. The number of hydrogen-bond acceptors (Lipinski definition) is 8. The molecular formula is C22H20N4O4S2. The number of para-hydroxylation sites is 2. The number of nitrogens with one attached hydrogen (secondary N) is 1. The second kappa shape index (κ2) is 8.51. The maximum Gasteiger partial charge on any atom is 0.316 e. The summed E-state index contributed by atoms with van der Waals surface area (Å²) in [4.78, 5) is 49.4. The molecule has 2 aromatic heterocycles. The lowest BCUT2D eigenvalue weighted by Gasteiger charge is -2.44. The van der Waals surface area contributed by atoms with Crippen LogP contribution in [0, 0.1) is 0 Å². The van der Waals surface area contributed by atoms with Gasteiger partial charge in [-0.2, -0.15) is 0 Å². The number of fused-ring (bicyclic) bond motifs is 2. The number of ether oxygens (including phenoxy) is 1. The van der Waals surface area contributed by atoms with E-state index in [9.17, 15) is 14.4 Å². The van der Waals surface area contributed by atoms with E-state index in [0.717, 1.165) is 23.1 Å². The summed E-state index contributed by atoms with van der Waals surface area (Å²) in [5.41, 5.74) is 0.317. The van der Waals surface area contributed by atoms with Crippen LogP contribution in [0.25, 0.3) is 10.2 Å². The SMILES string of the molecule is O=C(CSc1ncnc2sccc12)OCC(=O)N1c2ccccc2NC(=O)C12CCCC2. The zero-order valence-electron chi connectivity index (χ0n) is 17.1. The van der Waals surface area contributed by atoms with Gasteiger partial charge in [0.1, 0.15) is 21.7 Å². The summed E-state index contributed by atoms with van der Waals surface area (Å²) in [6, 6.07) is 9.13. The van der Waals surface area contributed by atoms with E-state index in [1.807, 2.05) is 29.6 Å². The summed E-state index contributed by atoms with van der Waals surface area (Å²) in [5.74, 6) is -1.06. The topological polar surface area (TPSA) is 101 Å². The standard InChI is InChI=1S/C22H20N4O4S2/c27-17(11-30-18(28)12-32-20-14-7-10-31-19(14)23-13-24-20)26-16-6-2-1-5-15(16)25-21(29)22(26)8-3-4-9-22/h1-2,5-7,10,13H,3-4,8-9,11-12H2,(H,25,29). The first kappa shape index (κ1) is 20.9. The van der Waals surface area contributed by atoms with Crippen molar-refractivity contribution in [3.63, 3.8) is 0 Å². The maximum absolute atomic E-state index is 13.2. The molecule has 32 heavy (non-hydrogen) atoms. The molecule has 2 amide bonds. The minimum Gasteiger partial charge on any atom is -0.455 e. The van der Waals surface area contributed by atoms with Crippen molar-refractivity contribution in [2.45, 2.75) is 36.2 Å². The Labute approximate surface area is 192 Å². The van der Waals surface area contributed by atoms with E-state index in [1.165, 1.54) is 29.4 Å². The number of hydrogen-bond donors (Lipinski definition) is 1. The zero-order chi connectivity index (χ0) is 22.1. The lowest BCUT2D eigenvalue weighted by Crippen LogP contribution is -2.61. The second-order valence-corrected chi connectivity index (χ2v) is 9.57. The van der Waals surface area contributed by atoms with Gasteiger partial charge in [0.25, 0.3) is 11.8 Å². The number of aromatic nitrogens is 2. The molecule has 0 saturated heterocycles. The van der Waals surface area contributed by atoms with E-state index in [1.54, 1.807) is 11.0 Å². The molecule has 1 N–H and O–H groups in total. The lowest BCUT2D eigenvalue weighted by molar-refractivity contribution is -0.145. The molecule has 1 spiro atoms. The molecule has 0 bridgehead atoms. The number of rotatable bonds is 5. The number of thioether (sulfide) groups is 1. The number of carbonyl (C=O) groups is 3. The smallest absolute Gasteiger partial charge is 0.316 e. The van der Waals surface area contributed by atoms with Gasteiger partial charge in [-0.25, -0.2) is 9.97 Å². The first-order valence-corrected chi connectivity index (χ1v) is 12.2. The van der Waals surface area contributed by atoms with Gasteiger partial charge in [0.2, 0.25) is 0 Å². The predicted octanol–water partition coefficient (Wildman–Crippen LogP) is 3.62. The van der Waals surface area contributed by atoms with Crippen LogP contribution in [0.5, 0.6) is 0 Å². The quantitative estimate of drug-likeness (QED) is 0.347. The van der Waals surface area contributed by atoms with Gasteiger partial charge in [0, 0.05) is 5.39 Å². The zero-order valence-corrected chi connectivity index (χ0v) is 18.7. The number of benzene rings is 1. The average molecular weight is 469 g/mol. The van der Waals surface area contributed by atoms with E-state index in [4.69, 9.17) is 4.74 Å². The van der Waals surface area contributed by atoms with Crippen molar-refractivity contribution in [2.24, 2.45) is 0 Å². The first-order valence-electron chi connectivity index (χ1n) is 10.3. The molecule has 1 aliphatic carbocycles. The van der Waals surface area contributed by atoms with Gasteiger partial charge in [-0.1, -0.05) is 36.7 Å². The van der Waals surface area contributed by atoms with Crippen LogP contribution < -0.4 is 10.2 Å². The summed E-state index contributed by atoms with van der Waals surface area (Å²) in [6.45, 7) is -0.416. The van der Waals surface area contributed by atoms with Crippen molar-refractivity contribution in [3.8, 4) is 0 Å². The van der Waals surface area contributed by atoms with Crippen molar-refractivity contribution in [3.05, 3.63) is 42.0 Å². The third-order valence-electron chi connectivity index (χ3n) is 5.83. The molecule has 1 fully saturated rings. The summed E-state index contributed by atoms with van der Waals surface area (Å²) >= 11 is 2.76. The van der Waals surface area contributed by atoms with Crippen molar-refractivity contribution in [1.29, 1.82) is 0 Å². The van der Waals surface area contributed by atoms with Gasteiger partial charge in [0.15, 0.2) is 6.61 Å². The molecule has 3 aromatic rings. The van der Waals surface area contributed by atoms with Gasteiger partial charge in [-0.05, 0) is 36.4 Å². The van der Waals surface area contributed by atoms with E-state index < -0.39 is 24.0 Å². The summed E-state index contributed by atoms with van der Waals surface area (Å²) in [6.07, 6.45) is 4.38. The van der Waals surface area contributed by atoms with Crippen molar-refractivity contribution in [2.75, 3.05) is 22.6 Å². The van der Waals surface area contributed by atoms with Gasteiger partial charge >= 0.3 is 5.97 Å². The highest BCUT2D eigenvalue weighted by molar-refractivity contribution is 8.00. The van der Waals surface area contributed by atoms with E-state index in [0.29, 0.717) is 29.2 Å². The molecule has 8 nitrogen and oxygen atoms in total. The van der Waals surface area contributed by atoms with Crippen LogP contribution in [0.15, 0.2) is 47.1 Å². The lowest BCUT2D eigenvalue weighted by atomic mass is 9.90. The molecular weight excluding hydrogens is 448 g/mol. The maximum atomic E-state index is 13.2. The molecule has 0 atom stereocenters. The van der Waals surface area contributed by atoms with Crippen molar-refractivity contribution < 1.29 is 19.1 Å². The van der Waals surface area contributed by atoms with Gasteiger partial charge in [-0.15, -0.1) is 11.3 Å². The van der Waals surface area contributed by atoms with Crippen LogP contribution in [-0.4, -0.2) is 45.7 Å². The Balaban J connectivity index is 1.28. The fourth-order valence-electron chi connectivity index (χ4n) is 4.39. The Morgan fingerprint density at radius 2 is 2.00 bits per heavy atom. The molecule has 3 heterocycles. The Kier molecular flexibility index (Phi) is 5.56. The highest BCUT2D eigenvalue weighted by Crippen LogP contribution is 2.45. The highest BCUT2D eigenvalue weighted by atomic mass is 32.2. The minimum atomic E-state index is -0.919. The largest absolute Gasteiger partial charge is 0.455 e. The monoisotopic (exact) mass is 468 g/mol. The number of anilines is 2. The Morgan fingerprint density at radius 1 is 1.19 bits per heavy atom. The van der Waals surface area contributed by atoms with E-state index in [-0.39, 0.29) is 11.7 Å². The van der Waals surface area contributed by atoms with E-state index in [2.05, 4.69) is 15.3 Å². The predicted molar refractivity (Wildman–Crippen MR) is 123 cm³/mol. The molecule has 1 aromatic carbocycles. The minimum absolute atomic E-state index is 0.0253. The summed E-state index contributed by atoms with van der Waals surface area (Å²) in [5, 5.41) is 6.45. The van der Waals surface area contributed by atoms with Crippen LogP contribution >= 0.6 is 23.1 Å². The molecule has 0 unspecified atom stereocenters. The van der Waals surface area contributed by atoms with Gasteiger partial charge < -0.3 is 10.1 Å². The molecule has 1 saturated carbocycles. The average Bonchev–Trinajstić information content (AvgIpc) is 3.48. The van der Waals surface area contributed by atoms with Crippen LogP contribution in [0.1, 0.15) is 25.7 Å².